The lowest BCUT2D eigenvalue weighted by molar-refractivity contribution is 0.301. The second-order valence-corrected chi connectivity index (χ2v) is 5.63. The molecule has 0 bridgehead atoms. The number of rotatable bonds is 5. The van der Waals surface area contributed by atoms with Gasteiger partial charge in [0.25, 0.3) is 0 Å². The molecule has 3 rings (SSSR count). The maximum Gasteiger partial charge on any atom is 0.104 e. The quantitative estimate of drug-likeness (QED) is 0.829. The SMILES string of the molecule is NC(=S)c1ccc(N(CCO)C2CC2)c2ccccc12. The maximum absolute atomic E-state index is 9.31. The Kier molecular flexibility index (Phi) is 3.59. The molecule has 3 nitrogen and oxygen atoms in total. The van der Waals surface area contributed by atoms with Crippen molar-refractivity contribution in [3.63, 3.8) is 0 Å². The number of fused-ring (bicyclic) bond motifs is 1. The second-order valence-electron chi connectivity index (χ2n) is 5.19. The lowest BCUT2D eigenvalue weighted by Crippen LogP contribution is -2.29. The number of aliphatic hydroxyl groups is 1. The van der Waals surface area contributed by atoms with E-state index in [1.54, 1.807) is 0 Å². The Hall–Kier alpha value is -1.65. The van der Waals surface area contributed by atoms with Crippen molar-refractivity contribution in [1.29, 1.82) is 0 Å². The van der Waals surface area contributed by atoms with Gasteiger partial charge in [-0.15, -0.1) is 0 Å². The minimum atomic E-state index is 0.169. The van der Waals surface area contributed by atoms with Gasteiger partial charge in [0.1, 0.15) is 4.99 Å². The van der Waals surface area contributed by atoms with Crippen molar-refractivity contribution in [3.8, 4) is 0 Å². The molecule has 2 aromatic rings. The van der Waals surface area contributed by atoms with E-state index in [9.17, 15) is 5.11 Å². The first kappa shape index (κ1) is 13.3. The van der Waals surface area contributed by atoms with Crippen LogP contribution in [0.3, 0.4) is 0 Å². The van der Waals surface area contributed by atoms with Crippen LogP contribution in [0.25, 0.3) is 10.8 Å². The van der Waals surface area contributed by atoms with Gasteiger partial charge in [-0.05, 0) is 30.4 Å². The summed E-state index contributed by atoms with van der Waals surface area (Å²) in [5, 5.41) is 11.5. The Balaban J connectivity index is 2.16. The Labute approximate surface area is 124 Å². The molecule has 0 radical (unpaired) electrons. The minimum absolute atomic E-state index is 0.169. The predicted octanol–water partition coefficient (Wildman–Crippen LogP) is 2.44. The zero-order valence-electron chi connectivity index (χ0n) is 11.2. The van der Waals surface area contributed by atoms with Gasteiger partial charge >= 0.3 is 0 Å². The first-order valence-corrected chi connectivity index (χ1v) is 7.32. The number of aliphatic hydroxyl groups excluding tert-OH is 1. The molecule has 1 aliphatic rings. The molecule has 104 valence electrons. The topological polar surface area (TPSA) is 49.5 Å². The number of benzene rings is 2. The highest BCUT2D eigenvalue weighted by Crippen LogP contribution is 2.36. The van der Waals surface area contributed by atoms with Crippen LogP contribution in [0.5, 0.6) is 0 Å². The van der Waals surface area contributed by atoms with Crippen LogP contribution in [0.2, 0.25) is 0 Å². The van der Waals surface area contributed by atoms with Gasteiger partial charge in [0, 0.05) is 29.2 Å². The van der Waals surface area contributed by atoms with E-state index in [0.29, 0.717) is 17.6 Å². The van der Waals surface area contributed by atoms with Gasteiger partial charge in [0.2, 0.25) is 0 Å². The van der Waals surface area contributed by atoms with Crippen molar-refractivity contribution in [3.05, 3.63) is 42.0 Å². The number of nitrogens with two attached hydrogens (primary N) is 1. The van der Waals surface area contributed by atoms with Crippen LogP contribution in [-0.2, 0) is 0 Å². The van der Waals surface area contributed by atoms with E-state index in [1.165, 1.54) is 12.8 Å². The third-order valence-corrected chi connectivity index (χ3v) is 4.02. The first-order valence-electron chi connectivity index (χ1n) is 6.91. The van der Waals surface area contributed by atoms with E-state index < -0.39 is 0 Å². The molecule has 1 aliphatic carbocycles. The van der Waals surface area contributed by atoms with Crippen LogP contribution in [0, 0.1) is 0 Å². The zero-order chi connectivity index (χ0) is 14.1. The van der Waals surface area contributed by atoms with E-state index in [-0.39, 0.29) is 6.61 Å². The molecule has 0 aromatic heterocycles. The largest absolute Gasteiger partial charge is 0.395 e. The van der Waals surface area contributed by atoms with Crippen molar-refractivity contribution >= 4 is 33.7 Å². The predicted molar refractivity (Wildman–Crippen MR) is 87.3 cm³/mol. The number of thiocarbonyl (C=S) groups is 1. The summed E-state index contributed by atoms with van der Waals surface area (Å²) in [6, 6.07) is 12.8. The van der Waals surface area contributed by atoms with Crippen molar-refractivity contribution in [2.45, 2.75) is 18.9 Å². The standard InChI is InChI=1S/C16H18N2OS/c17-16(20)14-7-8-15(13-4-2-1-3-12(13)14)18(9-10-19)11-5-6-11/h1-4,7-8,11,19H,5-6,9-10H2,(H2,17,20). The van der Waals surface area contributed by atoms with Gasteiger partial charge in [-0.25, -0.2) is 0 Å². The van der Waals surface area contributed by atoms with Crippen molar-refractivity contribution < 1.29 is 5.11 Å². The van der Waals surface area contributed by atoms with Gasteiger partial charge in [0.05, 0.1) is 6.61 Å². The molecule has 2 aromatic carbocycles. The third-order valence-electron chi connectivity index (χ3n) is 3.80. The van der Waals surface area contributed by atoms with Gasteiger partial charge in [-0.2, -0.15) is 0 Å². The minimum Gasteiger partial charge on any atom is -0.395 e. The molecular formula is C16H18N2OS. The second kappa shape index (κ2) is 5.38. The Morgan fingerprint density at radius 1 is 1.20 bits per heavy atom. The fraction of sp³-hybridized carbons (Fsp3) is 0.312. The summed E-state index contributed by atoms with van der Waals surface area (Å²) in [5.74, 6) is 0. The van der Waals surface area contributed by atoms with Crippen molar-refractivity contribution in [2.24, 2.45) is 5.73 Å². The maximum atomic E-state index is 9.31. The molecule has 0 aliphatic heterocycles. The Morgan fingerprint density at radius 2 is 1.90 bits per heavy atom. The average Bonchev–Trinajstić information content (AvgIpc) is 3.28. The van der Waals surface area contributed by atoms with Crippen LogP contribution in [0.4, 0.5) is 5.69 Å². The molecular weight excluding hydrogens is 268 g/mol. The highest BCUT2D eigenvalue weighted by molar-refractivity contribution is 7.80. The molecule has 4 heteroatoms. The average molecular weight is 286 g/mol. The Bertz CT molecular complexity index is 652. The summed E-state index contributed by atoms with van der Waals surface area (Å²) in [5.41, 5.74) is 7.89. The van der Waals surface area contributed by atoms with E-state index in [1.807, 2.05) is 18.2 Å². The lowest BCUT2D eigenvalue weighted by atomic mass is 10.0. The van der Waals surface area contributed by atoms with Gasteiger partial charge in [0.15, 0.2) is 0 Å². The van der Waals surface area contributed by atoms with Gasteiger partial charge in [-0.1, -0.05) is 36.5 Å². The van der Waals surface area contributed by atoms with Crippen LogP contribution in [0.1, 0.15) is 18.4 Å². The fourth-order valence-corrected chi connectivity index (χ4v) is 2.92. The number of hydrogen-bond acceptors (Lipinski definition) is 3. The molecule has 1 fully saturated rings. The van der Waals surface area contributed by atoms with Crippen LogP contribution >= 0.6 is 12.2 Å². The van der Waals surface area contributed by atoms with Crippen LogP contribution in [0.15, 0.2) is 36.4 Å². The van der Waals surface area contributed by atoms with E-state index in [0.717, 1.165) is 22.0 Å². The fourth-order valence-electron chi connectivity index (χ4n) is 2.74. The molecule has 0 atom stereocenters. The van der Waals surface area contributed by atoms with Gasteiger partial charge in [-0.3, -0.25) is 0 Å². The van der Waals surface area contributed by atoms with Crippen LogP contribution in [-0.4, -0.2) is 29.3 Å². The summed E-state index contributed by atoms with van der Waals surface area (Å²) in [4.78, 5) is 2.72. The summed E-state index contributed by atoms with van der Waals surface area (Å²) in [7, 11) is 0. The lowest BCUT2D eigenvalue weighted by Gasteiger charge is -2.26. The van der Waals surface area contributed by atoms with Crippen molar-refractivity contribution in [2.75, 3.05) is 18.1 Å². The van der Waals surface area contributed by atoms with E-state index >= 15 is 0 Å². The van der Waals surface area contributed by atoms with E-state index in [2.05, 4.69) is 23.1 Å². The molecule has 3 N–H and O–H groups in total. The molecule has 0 saturated heterocycles. The molecule has 20 heavy (non-hydrogen) atoms. The smallest absolute Gasteiger partial charge is 0.104 e. The summed E-state index contributed by atoms with van der Waals surface area (Å²) in [6.45, 7) is 0.836. The molecule has 1 saturated carbocycles. The van der Waals surface area contributed by atoms with Crippen LogP contribution < -0.4 is 10.6 Å². The third kappa shape index (κ3) is 2.37. The zero-order valence-corrected chi connectivity index (χ0v) is 12.1. The summed E-state index contributed by atoms with van der Waals surface area (Å²) in [6.07, 6.45) is 2.40. The first-order chi connectivity index (χ1) is 9.72. The van der Waals surface area contributed by atoms with E-state index in [4.69, 9.17) is 18.0 Å². The summed E-state index contributed by atoms with van der Waals surface area (Å²) >= 11 is 5.14. The molecule has 0 spiro atoms. The number of nitrogens with zero attached hydrogens (tertiary/aromatic N) is 1. The highest BCUT2D eigenvalue weighted by atomic mass is 32.1. The molecule has 0 heterocycles. The molecule has 0 amide bonds. The normalized spacial score (nSPS) is 14.4. The van der Waals surface area contributed by atoms with Gasteiger partial charge < -0.3 is 15.7 Å². The number of anilines is 1. The number of hydrogen-bond donors (Lipinski definition) is 2. The monoisotopic (exact) mass is 286 g/mol. The highest BCUT2D eigenvalue weighted by Gasteiger charge is 2.29. The van der Waals surface area contributed by atoms with Crippen molar-refractivity contribution in [1.82, 2.24) is 0 Å². The molecule has 0 unspecified atom stereocenters. The Morgan fingerprint density at radius 3 is 2.50 bits per heavy atom. The summed E-state index contributed by atoms with van der Waals surface area (Å²) < 4.78 is 0.